The van der Waals surface area contributed by atoms with E-state index in [1.165, 1.54) is 0 Å². The van der Waals surface area contributed by atoms with Crippen LogP contribution in [-0.4, -0.2) is 52.4 Å². The molecule has 2 aromatic carbocycles. The molecule has 28 heavy (non-hydrogen) atoms. The standard InChI is InChI=1S/C22H23N5O/c1-26-13-14-27(20(16-26)17-7-3-2-4-8-17)21(28)18-9-5-10-19(15-18)25-22-23-11-6-12-24-22/h2-12,15,20H,13-14,16H2,1H3,(H,23,24,25)/t20-/m0/s1. The van der Waals surface area contributed by atoms with Gasteiger partial charge in [0.15, 0.2) is 0 Å². The number of benzene rings is 2. The maximum atomic E-state index is 13.3. The molecular formula is C22H23N5O. The molecule has 0 aliphatic carbocycles. The van der Waals surface area contributed by atoms with Crippen LogP contribution in [0.5, 0.6) is 0 Å². The Bertz CT molecular complexity index is 932. The summed E-state index contributed by atoms with van der Waals surface area (Å²) in [5.74, 6) is 0.549. The van der Waals surface area contributed by atoms with Crippen LogP contribution in [0.4, 0.5) is 11.6 Å². The third-order valence-corrected chi connectivity index (χ3v) is 4.96. The molecular weight excluding hydrogens is 350 g/mol. The molecule has 0 saturated carbocycles. The van der Waals surface area contributed by atoms with Gasteiger partial charge in [-0.2, -0.15) is 0 Å². The van der Waals surface area contributed by atoms with Crippen molar-refractivity contribution in [3.63, 3.8) is 0 Å². The highest BCUT2D eigenvalue weighted by Crippen LogP contribution is 2.27. The van der Waals surface area contributed by atoms with Crippen LogP contribution in [0.2, 0.25) is 0 Å². The van der Waals surface area contributed by atoms with Gasteiger partial charge in [0.1, 0.15) is 0 Å². The molecule has 1 atom stereocenters. The molecule has 0 spiro atoms. The van der Waals surface area contributed by atoms with E-state index in [9.17, 15) is 4.79 Å². The minimum Gasteiger partial charge on any atom is -0.329 e. The molecule has 1 saturated heterocycles. The summed E-state index contributed by atoms with van der Waals surface area (Å²) in [4.78, 5) is 25.9. The van der Waals surface area contributed by atoms with E-state index in [1.54, 1.807) is 18.5 Å². The molecule has 1 aromatic heterocycles. The molecule has 3 aromatic rings. The maximum absolute atomic E-state index is 13.3. The van der Waals surface area contributed by atoms with Crippen molar-refractivity contribution in [1.29, 1.82) is 0 Å². The smallest absolute Gasteiger partial charge is 0.254 e. The zero-order valence-electron chi connectivity index (χ0n) is 15.8. The number of carbonyl (C=O) groups is 1. The van der Waals surface area contributed by atoms with Crippen molar-refractivity contribution in [2.45, 2.75) is 6.04 Å². The van der Waals surface area contributed by atoms with Gasteiger partial charge in [-0.1, -0.05) is 36.4 Å². The number of carbonyl (C=O) groups excluding carboxylic acids is 1. The molecule has 1 aliphatic heterocycles. The van der Waals surface area contributed by atoms with E-state index < -0.39 is 0 Å². The monoisotopic (exact) mass is 373 g/mol. The molecule has 4 rings (SSSR count). The second-order valence-electron chi connectivity index (χ2n) is 6.97. The van der Waals surface area contributed by atoms with Crippen LogP contribution in [0.1, 0.15) is 22.0 Å². The van der Waals surface area contributed by atoms with Gasteiger partial charge in [0.05, 0.1) is 6.04 Å². The third kappa shape index (κ3) is 4.02. The highest BCUT2D eigenvalue weighted by molar-refractivity contribution is 5.95. The number of anilines is 2. The van der Waals surface area contributed by atoms with Crippen LogP contribution in [0.15, 0.2) is 73.1 Å². The Morgan fingerprint density at radius 1 is 1.00 bits per heavy atom. The number of nitrogens with zero attached hydrogens (tertiary/aromatic N) is 4. The molecule has 0 radical (unpaired) electrons. The maximum Gasteiger partial charge on any atom is 0.254 e. The Balaban J connectivity index is 1.58. The van der Waals surface area contributed by atoms with Gasteiger partial charge in [0.2, 0.25) is 5.95 Å². The van der Waals surface area contributed by atoms with Gasteiger partial charge in [0, 0.05) is 43.3 Å². The van der Waals surface area contributed by atoms with Crippen molar-refractivity contribution >= 4 is 17.5 Å². The molecule has 6 heteroatoms. The summed E-state index contributed by atoms with van der Waals surface area (Å²) >= 11 is 0. The number of amides is 1. The molecule has 142 valence electrons. The van der Waals surface area contributed by atoms with Crippen LogP contribution >= 0.6 is 0 Å². The van der Waals surface area contributed by atoms with Crippen LogP contribution < -0.4 is 5.32 Å². The van der Waals surface area contributed by atoms with E-state index in [2.05, 4.69) is 39.4 Å². The fourth-order valence-electron chi connectivity index (χ4n) is 3.51. The van der Waals surface area contributed by atoms with Gasteiger partial charge in [-0.3, -0.25) is 4.79 Å². The number of rotatable bonds is 4. The van der Waals surface area contributed by atoms with Gasteiger partial charge < -0.3 is 15.1 Å². The van der Waals surface area contributed by atoms with Crippen molar-refractivity contribution in [2.24, 2.45) is 0 Å². The number of hydrogen-bond donors (Lipinski definition) is 1. The van der Waals surface area contributed by atoms with Crippen molar-refractivity contribution < 1.29 is 4.79 Å². The summed E-state index contributed by atoms with van der Waals surface area (Å²) in [7, 11) is 2.10. The van der Waals surface area contributed by atoms with E-state index in [-0.39, 0.29) is 11.9 Å². The Kier molecular flexibility index (Phi) is 5.30. The van der Waals surface area contributed by atoms with E-state index >= 15 is 0 Å². The average Bonchev–Trinajstić information content (AvgIpc) is 2.75. The predicted molar refractivity (Wildman–Crippen MR) is 109 cm³/mol. The largest absolute Gasteiger partial charge is 0.329 e. The minimum absolute atomic E-state index is 0.0413. The fraction of sp³-hybridized carbons (Fsp3) is 0.227. The molecule has 1 N–H and O–H groups in total. The Hall–Kier alpha value is -3.25. The lowest BCUT2D eigenvalue weighted by atomic mass is 10.0. The first kappa shape index (κ1) is 18.1. The van der Waals surface area contributed by atoms with Crippen molar-refractivity contribution in [3.8, 4) is 0 Å². The first-order chi connectivity index (χ1) is 13.7. The number of nitrogens with one attached hydrogen (secondary N) is 1. The topological polar surface area (TPSA) is 61.4 Å². The summed E-state index contributed by atoms with van der Waals surface area (Å²) in [6.07, 6.45) is 3.36. The number of likely N-dealkylation sites (N-methyl/N-ethyl adjacent to an activating group) is 1. The van der Waals surface area contributed by atoms with Crippen LogP contribution in [-0.2, 0) is 0 Å². The van der Waals surface area contributed by atoms with Crippen LogP contribution in [0, 0.1) is 0 Å². The second kappa shape index (κ2) is 8.19. The van der Waals surface area contributed by atoms with E-state index in [0.717, 1.165) is 24.3 Å². The Labute approximate surface area is 164 Å². The number of hydrogen-bond acceptors (Lipinski definition) is 5. The summed E-state index contributed by atoms with van der Waals surface area (Å²) in [6, 6.07) is 19.6. The predicted octanol–water partition coefficient (Wildman–Crippen LogP) is 3.35. The SMILES string of the molecule is CN1CCN(C(=O)c2cccc(Nc3ncccn3)c2)[C@H](c2ccccc2)C1. The molecule has 1 fully saturated rings. The molecule has 0 unspecified atom stereocenters. The zero-order chi connectivity index (χ0) is 19.3. The van der Waals surface area contributed by atoms with Crippen molar-refractivity contribution in [1.82, 2.24) is 19.8 Å². The average molecular weight is 373 g/mol. The number of piperazine rings is 1. The Morgan fingerprint density at radius 3 is 2.57 bits per heavy atom. The zero-order valence-corrected chi connectivity index (χ0v) is 15.8. The number of aromatic nitrogens is 2. The van der Waals surface area contributed by atoms with Gasteiger partial charge in [-0.25, -0.2) is 9.97 Å². The van der Waals surface area contributed by atoms with Gasteiger partial charge >= 0.3 is 0 Å². The van der Waals surface area contributed by atoms with E-state index in [1.807, 2.05) is 47.4 Å². The summed E-state index contributed by atoms with van der Waals surface area (Å²) < 4.78 is 0. The molecule has 2 heterocycles. The minimum atomic E-state index is 0.0413. The lowest BCUT2D eigenvalue weighted by Crippen LogP contribution is -2.49. The van der Waals surface area contributed by atoms with Crippen LogP contribution in [0.25, 0.3) is 0 Å². The molecule has 1 aliphatic rings. The lowest BCUT2D eigenvalue weighted by molar-refractivity contribution is 0.0498. The summed E-state index contributed by atoms with van der Waals surface area (Å²) in [6.45, 7) is 2.39. The highest BCUT2D eigenvalue weighted by Gasteiger charge is 2.30. The van der Waals surface area contributed by atoms with Gasteiger partial charge in [-0.15, -0.1) is 0 Å². The fourth-order valence-corrected chi connectivity index (χ4v) is 3.51. The molecule has 0 bridgehead atoms. The van der Waals surface area contributed by atoms with Gasteiger partial charge in [0.25, 0.3) is 5.91 Å². The second-order valence-corrected chi connectivity index (χ2v) is 6.97. The third-order valence-electron chi connectivity index (χ3n) is 4.96. The van der Waals surface area contributed by atoms with Crippen LogP contribution in [0.3, 0.4) is 0 Å². The normalized spacial score (nSPS) is 17.3. The quantitative estimate of drug-likeness (QED) is 0.760. The van der Waals surface area contributed by atoms with E-state index in [4.69, 9.17) is 0 Å². The lowest BCUT2D eigenvalue weighted by Gasteiger charge is -2.40. The molecule has 6 nitrogen and oxygen atoms in total. The summed E-state index contributed by atoms with van der Waals surface area (Å²) in [5, 5.41) is 3.15. The van der Waals surface area contributed by atoms with E-state index in [0.29, 0.717) is 18.1 Å². The first-order valence-electron chi connectivity index (χ1n) is 9.39. The highest BCUT2D eigenvalue weighted by atomic mass is 16.2. The van der Waals surface area contributed by atoms with Crippen molar-refractivity contribution in [3.05, 3.63) is 84.2 Å². The van der Waals surface area contributed by atoms with Gasteiger partial charge in [-0.05, 0) is 36.9 Å². The Morgan fingerprint density at radius 2 is 1.79 bits per heavy atom. The molecule has 1 amide bonds. The summed E-state index contributed by atoms with van der Waals surface area (Å²) in [5.41, 5.74) is 2.61. The first-order valence-corrected chi connectivity index (χ1v) is 9.39. The van der Waals surface area contributed by atoms with Crippen molar-refractivity contribution in [2.75, 3.05) is 32.0 Å².